The highest BCUT2D eigenvalue weighted by Gasteiger charge is 2.19. The summed E-state index contributed by atoms with van der Waals surface area (Å²) < 4.78 is 28.3. The second-order valence-corrected chi connectivity index (χ2v) is 6.26. The highest BCUT2D eigenvalue weighted by molar-refractivity contribution is 5.22. The fourth-order valence-electron chi connectivity index (χ4n) is 2.80. The van der Waals surface area contributed by atoms with Crippen LogP contribution in [0.5, 0.6) is 0 Å². The Morgan fingerprint density at radius 1 is 0.923 bits per heavy atom. The summed E-state index contributed by atoms with van der Waals surface area (Å²) in [5.74, 6) is 0. The molecular weight excluding hydrogens is 334 g/mol. The van der Waals surface area contributed by atoms with Gasteiger partial charge in [-0.3, -0.25) is 0 Å². The van der Waals surface area contributed by atoms with Crippen LogP contribution in [-0.4, -0.2) is 27.2 Å². The van der Waals surface area contributed by atoms with E-state index in [0.29, 0.717) is 25.9 Å². The molecule has 3 aromatic rings. The van der Waals surface area contributed by atoms with Gasteiger partial charge in [-0.25, -0.2) is 18.4 Å². The van der Waals surface area contributed by atoms with Gasteiger partial charge >= 0.3 is 0 Å². The smallest absolute Gasteiger partial charge is 0.253 e. The highest BCUT2D eigenvalue weighted by Crippen LogP contribution is 2.12. The van der Waals surface area contributed by atoms with E-state index in [0.717, 1.165) is 16.7 Å². The first-order valence-corrected chi connectivity index (χ1v) is 8.66. The molecule has 0 spiro atoms. The molecule has 4 nitrogen and oxygen atoms in total. The van der Waals surface area contributed by atoms with Crippen LogP contribution in [0.4, 0.5) is 8.78 Å². The summed E-state index contributed by atoms with van der Waals surface area (Å²) in [4.78, 5) is 3.91. The van der Waals surface area contributed by atoms with E-state index in [9.17, 15) is 8.78 Å². The van der Waals surface area contributed by atoms with Gasteiger partial charge in [0.05, 0.1) is 12.6 Å². The summed E-state index contributed by atoms with van der Waals surface area (Å²) in [6.45, 7) is 1.07. The number of halogens is 2. The molecule has 0 unspecified atom stereocenters. The molecule has 0 fully saturated rings. The number of nitrogens with zero attached hydrogens (tertiary/aromatic N) is 3. The predicted molar refractivity (Wildman–Crippen MR) is 97.0 cm³/mol. The van der Waals surface area contributed by atoms with Gasteiger partial charge in [0, 0.05) is 6.54 Å². The topological polar surface area (TPSA) is 42.7 Å². The molecule has 0 aliphatic carbocycles. The predicted octanol–water partition coefficient (Wildman–Crippen LogP) is 3.68. The van der Waals surface area contributed by atoms with Crippen LogP contribution in [0.15, 0.2) is 67.3 Å². The third-order valence-corrected chi connectivity index (χ3v) is 4.29. The van der Waals surface area contributed by atoms with Crippen LogP contribution in [0.25, 0.3) is 0 Å². The van der Waals surface area contributed by atoms with E-state index in [1.54, 1.807) is 11.0 Å². The number of hydrogen-bond donors (Lipinski definition) is 1. The molecule has 0 amide bonds. The molecule has 1 N–H and O–H groups in total. The Morgan fingerprint density at radius 3 is 2.31 bits per heavy atom. The maximum absolute atomic E-state index is 13.3. The Bertz CT molecular complexity index is 758. The van der Waals surface area contributed by atoms with Gasteiger partial charge in [0.2, 0.25) is 0 Å². The molecule has 0 aliphatic rings. The Balaban J connectivity index is 1.50. The van der Waals surface area contributed by atoms with Gasteiger partial charge in [-0.15, -0.1) is 0 Å². The first kappa shape index (κ1) is 18.2. The van der Waals surface area contributed by atoms with Gasteiger partial charge in [0.25, 0.3) is 6.43 Å². The van der Waals surface area contributed by atoms with Crippen LogP contribution in [0.1, 0.15) is 23.1 Å². The molecular formula is C20H22F2N4. The summed E-state index contributed by atoms with van der Waals surface area (Å²) >= 11 is 0. The average molecular weight is 356 g/mol. The Morgan fingerprint density at radius 2 is 1.65 bits per heavy atom. The van der Waals surface area contributed by atoms with E-state index in [1.807, 2.05) is 54.6 Å². The summed E-state index contributed by atoms with van der Waals surface area (Å²) in [6.07, 6.45) is 1.82. The van der Waals surface area contributed by atoms with Crippen molar-refractivity contribution in [3.63, 3.8) is 0 Å². The summed E-state index contributed by atoms with van der Waals surface area (Å²) in [5.41, 5.74) is 3.16. The number of aryl methyl sites for hydroxylation is 1. The number of benzene rings is 2. The number of nitrogens with one attached hydrogen (secondary N) is 1. The van der Waals surface area contributed by atoms with Crippen molar-refractivity contribution in [1.82, 2.24) is 20.1 Å². The fourth-order valence-corrected chi connectivity index (χ4v) is 2.80. The van der Waals surface area contributed by atoms with Crippen LogP contribution < -0.4 is 5.32 Å². The fraction of sp³-hybridized carbons (Fsp3) is 0.300. The van der Waals surface area contributed by atoms with Crippen LogP contribution in [0.3, 0.4) is 0 Å². The highest BCUT2D eigenvalue weighted by atomic mass is 19.3. The molecule has 1 heterocycles. The van der Waals surface area contributed by atoms with Gasteiger partial charge in [-0.1, -0.05) is 54.6 Å². The Labute approximate surface area is 151 Å². The zero-order chi connectivity index (χ0) is 18.2. The number of aromatic nitrogens is 3. The zero-order valence-corrected chi connectivity index (χ0v) is 14.4. The van der Waals surface area contributed by atoms with Crippen molar-refractivity contribution in [2.75, 3.05) is 0 Å². The van der Waals surface area contributed by atoms with Crippen molar-refractivity contribution in [2.24, 2.45) is 0 Å². The van der Waals surface area contributed by atoms with Crippen LogP contribution in [0, 0.1) is 0 Å². The molecule has 0 aliphatic heterocycles. The third kappa shape index (κ3) is 5.46. The lowest BCUT2D eigenvalue weighted by Gasteiger charge is -2.18. The van der Waals surface area contributed by atoms with E-state index in [-0.39, 0.29) is 0 Å². The summed E-state index contributed by atoms with van der Waals surface area (Å²) in [5, 5.41) is 7.06. The first-order valence-electron chi connectivity index (χ1n) is 8.66. The SMILES string of the molecule is FC(F)[C@@H](CCc1ccccc1)NCc1ccc(Cn2cncn2)cc1. The molecule has 1 atom stereocenters. The quantitative estimate of drug-likeness (QED) is 0.636. The molecule has 2 aromatic carbocycles. The zero-order valence-electron chi connectivity index (χ0n) is 14.4. The second-order valence-electron chi connectivity index (χ2n) is 6.26. The largest absolute Gasteiger partial charge is 0.305 e. The monoisotopic (exact) mass is 356 g/mol. The standard InChI is InChI=1S/C20H22F2N4/c21-20(22)19(11-10-16-4-2-1-3-5-16)24-12-17-6-8-18(9-7-17)13-26-15-23-14-25-26/h1-9,14-15,19-20,24H,10-13H2/t19-/m1/s1. The number of rotatable bonds is 9. The first-order chi connectivity index (χ1) is 12.7. The molecule has 136 valence electrons. The van der Waals surface area contributed by atoms with Gasteiger partial charge in [-0.05, 0) is 29.5 Å². The van der Waals surface area contributed by atoms with Crippen LogP contribution >= 0.6 is 0 Å². The van der Waals surface area contributed by atoms with E-state index < -0.39 is 12.5 Å². The Hall–Kier alpha value is -2.60. The molecule has 0 saturated carbocycles. The molecule has 0 saturated heterocycles. The molecule has 0 radical (unpaired) electrons. The number of alkyl halides is 2. The molecule has 26 heavy (non-hydrogen) atoms. The lowest BCUT2D eigenvalue weighted by molar-refractivity contribution is 0.0933. The van der Waals surface area contributed by atoms with Crippen molar-refractivity contribution in [3.8, 4) is 0 Å². The van der Waals surface area contributed by atoms with Gasteiger partial charge < -0.3 is 5.32 Å². The summed E-state index contributed by atoms with van der Waals surface area (Å²) in [7, 11) is 0. The van der Waals surface area contributed by atoms with E-state index in [1.165, 1.54) is 6.33 Å². The minimum atomic E-state index is -2.38. The maximum Gasteiger partial charge on any atom is 0.253 e. The van der Waals surface area contributed by atoms with E-state index in [2.05, 4.69) is 15.4 Å². The average Bonchev–Trinajstić information content (AvgIpc) is 3.16. The van der Waals surface area contributed by atoms with Crippen molar-refractivity contribution in [3.05, 3.63) is 83.9 Å². The van der Waals surface area contributed by atoms with Gasteiger partial charge in [-0.2, -0.15) is 5.10 Å². The molecule has 0 bridgehead atoms. The van der Waals surface area contributed by atoms with E-state index >= 15 is 0 Å². The number of hydrogen-bond acceptors (Lipinski definition) is 3. The third-order valence-electron chi connectivity index (χ3n) is 4.29. The lowest BCUT2D eigenvalue weighted by atomic mass is 10.0. The Kier molecular flexibility index (Phi) is 6.44. The maximum atomic E-state index is 13.3. The second kappa shape index (κ2) is 9.20. The lowest BCUT2D eigenvalue weighted by Crippen LogP contribution is -2.35. The summed E-state index contributed by atoms with van der Waals surface area (Å²) in [6, 6.07) is 16.8. The van der Waals surface area contributed by atoms with Gasteiger partial charge in [0.1, 0.15) is 12.7 Å². The van der Waals surface area contributed by atoms with Crippen molar-refractivity contribution < 1.29 is 8.78 Å². The minimum absolute atomic E-state index is 0.409. The minimum Gasteiger partial charge on any atom is -0.305 e. The van der Waals surface area contributed by atoms with Crippen LogP contribution in [0.2, 0.25) is 0 Å². The van der Waals surface area contributed by atoms with Crippen molar-refractivity contribution in [1.29, 1.82) is 0 Å². The van der Waals surface area contributed by atoms with Crippen molar-refractivity contribution >= 4 is 0 Å². The molecule has 6 heteroatoms. The van der Waals surface area contributed by atoms with Gasteiger partial charge in [0.15, 0.2) is 0 Å². The van der Waals surface area contributed by atoms with Crippen molar-refractivity contribution in [2.45, 2.75) is 38.4 Å². The molecule has 3 rings (SSSR count). The normalized spacial score (nSPS) is 12.4. The molecule has 1 aromatic heterocycles. The van der Waals surface area contributed by atoms with Crippen LogP contribution in [-0.2, 0) is 19.5 Å². The van der Waals surface area contributed by atoms with E-state index in [4.69, 9.17) is 0 Å².